The van der Waals surface area contributed by atoms with Crippen molar-refractivity contribution < 1.29 is 4.39 Å². The third kappa shape index (κ3) is 3.83. The second-order valence-electron chi connectivity index (χ2n) is 5.82. The van der Waals surface area contributed by atoms with E-state index in [0.29, 0.717) is 12.1 Å². The molecular formula is C20H34FN. The van der Waals surface area contributed by atoms with Crippen molar-refractivity contribution >= 4 is 5.69 Å². The Kier molecular flexibility index (Phi) is 7.92. The first-order chi connectivity index (χ1) is 10.7. The van der Waals surface area contributed by atoms with E-state index in [4.69, 9.17) is 0 Å². The molecule has 0 saturated carbocycles. The van der Waals surface area contributed by atoms with Gasteiger partial charge >= 0.3 is 0 Å². The van der Waals surface area contributed by atoms with Gasteiger partial charge in [-0.25, -0.2) is 4.39 Å². The summed E-state index contributed by atoms with van der Waals surface area (Å²) in [7, 11) is 0. The summed E-state index contributed by atoms with van der Waals surface area (Å²) < 4.78 is 14.4. The Morgan fingerprint density at radius 3 is 2.00 bits per heavy atom. The molecule has 3 rings (SSSR count). The van der Waals surface area contributed by atoms with Crippen LogP contribution in [0.4, 0.5) is 10.1 Å². The molecule has 0 N–H and O–H groups in total. The van der Waals surface area contributed by atoms with Crippen LogP contribution in [0.3, 0.4) is 0 Å². The Labute approximate surface area is 136 Å². The number of hydrogen-bond acceptors (Lipinski definition) is 1. The van der Waals surface area contributed by atoms with Crippen LogP contribution in [0.1, 0.15) is 77.8 Å². The number of rotatable bonds is 2. The van der Waals surface area contributed by atoms with E-state index in [1.54, 1.807) is 6.07 Å². The van der Waals surface area contributed by atoms with Gasteiger partial charge < -0.3 is 4.90 Å². The van der Waals surface area contributed by atoms with Crippen molar-refractivity contribution in [3.05, 3.63) is 29.1 Å². The maximum Gasteiger partial charge on any atom is 0.147 e. The molecule has 2 bridgehead atoms. The number of benzene rings is 1. The first kappa shape index (κ1) is 19.0. The fourth-order valence-corrected chi connectivity index (χ4v) is 3.82. The van der Waals surface area contributed by atoms with Crippen molar-refractivity contribution in [2.75, 3.05) is 4.90 Å². The van der Waals surface area contributed by atoms with Crippen LogP contribution < -0.4 is 4.90 Å². The molecule has 1 aromatic rings. The molecule has 22 heavy (non-hydrogen) atoms. The number of nitrogens with zero attached hydrogens (tertiary/aromatic N) is 1. The predicted molar refractivity (Wildman–Crippen MR) is 96.4 cm³/mol. The van der Waals surface area contributed by atoms with E-state index >= 15 is 0 Å². The highest BCUT2D eigenvalue weighted by molar-refractivity contribution is 5.58. The molecule has 1 nitrogen and oxygen atoms in total. The molecule has 2 unspecified atom stereocenters. The molecule has 2 heteroatoms. The van der Waals surface area contributed by atoms with E-state index in [-0.39, 0.29) is 5.82 Å². The highest BCUT2D eigenvalue weighted by Crippen LogP contribution is 2.41. The van der Waals surface area contributed by atoms with Gasteiger partial charge in [0.1, 0.15) is 5.82 Å². The molecular weight excluding hydrogens is 273 g/mol. The highest BCUT2D eigenvalue weighted by Gasteiger charge is 2.38. The second kappa shape index (κ2) is 9.17. The maximum absolute atomic E-state index is 14.4. The van der Waals surface area contributed by atoms with Gasteiger partial charge in [-0.1, -0.05) is 40.7 Å². The van der Waals surface area contributed by atoms with Crippen LogP contribution in [-0.4, -0.2) is 12.1 Å². The molecule has 0 aromatic heterocycles. The van der Waals surface area contributed by atoms with Gasteiger partial charge in [-0.05, 0) is 62.6 Å². The van der Waals surface area contributed by atoms with E-state index in [2.05, 4.69) is 24.8 Å². The molecule has 2 heterocycles. The Bertz CT molecular complexity index is 416. The minimum absolute atomic E-state index is 0.00866. The third-order valence-corrected chi connectivity index (χ3v) is 4.67. The normalized spacial score (nSPS) is 22.4. The summed E-state index contributed by atoms with van der Waals surface area (Å²) >= 11 is 0. The van der Waals surface area contributed by atoms with E-state index in [9.17, 15) is 4.39 Å². The Hall–Kier alpha value is -1.05. The summed E-state index contributed by atoms with van der Waals surface area (Å²) in [6.07, 6.45) is 7.21. The topological polar surface area (TPSA) is 3.24 Å². The van der Waals surface area contributed by atoms with Gasteiger partial charge in [-0.2, -0.15) is 0 Å². The molecule has 2 aliphatic heterocycles. The van der Waals surface area contributed by atoms with Gasteiger partial charge in [0.2, 0.25) is 0 Å². The largest absolute Gasteiger partial charge is 0.363 e. The van der Waals surface area contributed by atoms with Crippen molar-refractivity contribution in [1.29, 1.82) is 0 Å². The molecule has 2 aliphatic rings. The average Bonchev–Trinajstić information content (AvgIpc) is 2.79. The SMILES string of the molecule is CC.CC.CCc1cc(C)c(N2C3CCCC2CC3)c(F)c1. The summed E-state index contributed by atoms with van der Waals surface area (Å²) in [4.78, 5) is 2.40. The lowest BCUT2D eigenvalue weighted by atomic mass is 9.99. The van der Waals surface area contributed by atoms with Gasteiger partial charge in [-0.15, -0.1) is 0 Å². The highest BCUT2D eigenvalue weighted by atomic mass is 19.1. The summed E-state index contributed by atoms with van der Waals surface area (Å²) in [6, 6.07) is 5.07. The molecule has 0 spiro atoms. The Morgan fingerprint density at radius 1 is 1.00 bits per heavy atom. The van der Waals surface area contributed by atoms with Crippen molar-refractivity contribution in [3.8, 4) is 0 Å². The van der Waals surface area contributed by atoms with Crippen LogP contribution in [0.15, 0.2) is 12.1 Å². The van der Waals surface area contributed by atoms with Crippen molar-refractivity contribution in [2.24, 2.45) is 0 Å². The molecule has 126 valence electrons. The van der Waals surface area contributed by atoms with Crippen molar-refractivity contribution in [3.63, 3.8) is 0 Å². The maximum atomic E-state index is 14.4. The van der Waals surface area contributed by atoms with E-state index in [0.717, 1.165) is 23.2 Å². The van der Waals surface area contributed by atoms with Crippen LogP contribution in [0, 0.1) is 12.7 Å². The van der Waals surface area contributed by atoms with Crippen LogP contribution in [-0.2, 0) is 6.42 Å². The summed E-state index contributed by atoms with van der Waals surface area (Å²) in [5.74, 6) is -0.00866. The first-order valence-electron chi connectivity index (χ1n) is 9.28. The van der Waals surface area contributed by atoms with E-state index < -0.39 is 0 Å². The molecule has 2 atom stereocenters. The standard InChI is InChI=1S/C16H22FN.2C2H6/c1-3-12-9-11(2)16(15(17)10-12)18-13-5-4-6-14(18)8-7-13;2*1-2/h9-10,13-14H,3-8H2,1-2H3;2*1-2H3. The number of halogens is 1. The summed E-state index contributed by atoms with van der Waals surface area (Å²) in [5, 5.41) is 0. The monoisotopic (exact) mass is 307 g/mol. The fourth-order valence-electron chi connectivity index (χ4n) is 3.82. The zero-order valence-corrected chi connectivity index (χ0v) is 15.4. The number of hydrogen-bond donors (Lipinski definition) is 0. The average molecular weight is 307 g/mol. The number of piperidine rings is 1. The molecule has 0 amide bonds. The molecule has 0 aliphatic carbocycles. The zero-order chi connectivity index (χ0) is 16.7. The molecule has 0 radical (unpaired) electrons. The lowest BCUT2D eigenvalue weighted by Crippen LogP contribution is -2.40. The van der Waals surface area contributed by atoms with Crippen LogP contribution >= 0.6 is 0 Å². The van der Waals surface area contributed by atoms with E-state index in [1.807, 2.05) is 27.7 Å². The fraction of sp³-hybridized carbons (Fsp3) is 0.700. The van der Waals surface area contributed by atoms with Gasteiger partial charge in [0.15, 0.2) is 0 Å². The summed E-state index contributed by atoms with van der Waals surface area (Å²) in [6.45, 7) is 12.1. The van der Waals surface area contributed by atoms with Gasteiger partial charge in [0, 0.05) is 12.1 Å². The Morgan fingerprint density at radius 2 is 1.55 bits per heavy atom. The lowest BCUT2D eigenvalue weighted by molar-refractivity contribution is 0.459. The van der Waals surface area contributed by atoms with Crippen LogP contribution in [0.2, 0.25) is 0 Å². The zero-order valence-electron chi connectivity index (χ0n) is 15.4. The lowest BCUT2D eigenvalue weighted by Gasteiger charge is -2.38. The molecule has 2 fully saturated rings. The minimum Gasteiger partial charge on any atom is -0.363 e. The molecule has 2 saturated heterocycles. The number of aryl methyl sites for hydroxylation is 2. The number of anilines is 1. The van der Waals surface area contributed by atoms with E-state index in [1.165, 1.54) is 32.1 Å². The number of fused-ring (bicyclic) bond motifs is 2. The van der Waals surface area contributed by atoms with Gasteiger partial charge in [0.05, 0.1) is 5.69 Å². The Balaban J connectivity index is 0.000000561. The third-order valence-electron chi connectivity index (χ3n) is 4.67. The van der Waals surface area contributed by atoms with Gasteiger partial charge in [-0.3, -0.25) is 0 Å². The van der Waals surface area contributed by atoms with Crippen LogP contribution in [0.25, 0.3) is 0 Å². The first-order valence-corrected chi connectivity index (χ1v) is 9.28. The predicted octanol–water partition coefficient (Wildman–Crippen LogP) is 6.27. The smallest absolute Gasteiger partial charge is 0.147 e. The van der Waals surface area contributed by atoms with Crippen molar-refractivity contribution in [2.45, 2.75) is 92.2 Å². The molecule has 1 aromatic carbocycles. The summed E-state index contributed by atoms with van der Waals surface area (Å²) in [5.41, 5.74) is 3.11. The van der Waals surface area contributed by atoms with Gasteiger partial charge in [0.25, 0.3) is 0 Å². The van der Waals surface area contributed by atoms with Crippen LogP contribution in [0.5, 0.6) is 0 Å². The quantitative estimate of drug-likeness (QED) is 0.622. The van der Waals surface area contributed by atoms with Crippen molar-refractivity contribution in [1.82, 2.24) is 0 Å². The second-order valence-corrected chi connectivity index (χ2v) is 5.82. The minimum atomic E-state index is -0.00866.